The highest BCUT2D eigenvalue weighted by molar-refractivity contribution is 5.85. The van der Waals surface area contributed by atoms with Crippen molar-refractivity contribution in [3.63, 3.8) is 0 Å². The molecule has 0 aliphatic rings. The van der Waals surface area contributed by atoms with E-state index in [1.807, 2.05) is 12.1 Å². The molecule has 4 heteroatoms. The van der Waals surface area contributed by atoms with E-state index in [0.717, 1.165) is 5.52 Å². The second-order valence-corrected chi connectivity index (χ2v) is 3.78. The quantitative estimate of drug-likeness (QED) is 0.597. The minimum Gasteiger partial charge on any atom is -0.507 e. The van der Waals surface area contributed by atoms with E-state index < -0.39 is 0 Å². The van der Waals surface area contributed by atoms with Crippen LogP contribution in [0.2, 0.25) is 0 Å². The largest absolute Gasteiger partial charge is 0.507 e. The molecular formula is C13H10N2O2. The molecule has 3 rings (SSSR count). The van der Waals surface area contributed by atoms with Gasteiger partial charge in [0, 0.05) is 0 Å². The molecule has 0 saturated carbocycles. The molecule has 17 heavy (non-hydrogen) atoms. The number of H-pyrrole nitrogens is 1. The Hall–Kier alpha value is -2.49. The molecule has 0 amide bonds. The summed E-state index contributed by atoms with van der Waals surface area (Å²) in [5.41, 5.74) is 1.86. The number of rotatable bonds is 1. The number of phenolic OH excluding ortho intramolecular Hbond substituents is 2. The van der Waals surface area contributed by atoms with E-state index in [9.17, 15) is 10.2 Å². The van der Waals surface area contributed by atoms with Crippen LogP contribution >= 0.6 is 0 Å². The van der Waals surface area contributed by atoms with Gasteiger partial charge in [0.15, 0.2) is 0 Å². The SMILES string of the molecule is Oc1ccccc1-c1nc2c(O)cccc2[nH]1. The fraction of sp³-hybridized carbons (Fsp3) is 0. The van der Waals surface area contributed by atoms with Gasteiger partial charge in [-0.1, -0.05) is 18.2 Å². The van der Waals surface area contributed by atoms with Crippen LogP contribution in [-0.4, -0.2) is 20.2 Å². The Morgan fingerprint density at radius 1 is 0.882 bits per heavy atom. The number of hydrogen-bond donors (Lipinski definition) is 3. The molecule has 0 atom stereocenters. The Labute approximate surface area is 97.2 Å². The van der Waals surface area contributed by atoms with Crippen LogP contribution in [0.3, 0.4) is 0 Å². The number of imidazole rings is 1. The van der Waals surface area contributed by atoms with E-state index in [4.69, 9.17) is 0 Å². The number of hydrogen-bond acceptors (Lipinski definition) is 3. The van der Waals surface area contributed by atoms with Crippen molar-refractivity contribution in [3.05, 3.63) is 42.5 Å². The zero-order valence-electron chi connectivity index (χ0n) is 8.88. The number of aromatic amines is 1. The molecule has 0 radical (unpaired) electrons. The predicted molar refractivity (Wildman–Crippen MR) is 64.9 cm³/mol. The van der Waals surface area contributed by atoms with Crippen LogP contribution in [0.4, 0.5) is 0 Å². The summed E-state index contributed by atoms with van der Waals surface area (Å²) in [6, 6.07) is 12.1. The van der Waals surface area contributed by atoms with Gasteiger partial charge in [0.2, 0.25) is 0 Å². The highest BCUT2D eigenvalue weighted by atomic mass is 16.3. The van der Waals surface area contributed by atoms with Gasteiger partial charge in [0.1, 0.15) is 22.8 Å². The Morgan fingerprint density at radius 3 is 2.41 bits per heavy atom. The lowest BCUT2D eigenvalue weighted by Gasteiger charge is -1.98. The van der Waals surface area contributed by atoms with Gasteiger partial charge >= 0.3 is 0 Å². The summed E-state index contributed by atoms with van der Waals surface area (Å²) in [5, 5.41) is 19.4. The molecule has 1 aromatic heterocycles. The van der Waals surface area contributed by atoms with Crippen molar-refractivity contribution in [1.29, 1.82) is 0 Å². The number of fused-ring (bicyclic) bond motifs is 1. The molecule has 0 unspecified atom stereocenters. The van der Waals surface area contributed by atoms with Gasteiger partial charge in [-0.3, -0.25) is 0 Å². The van der Waals surface area contributed by atoms with Crippen LogP contribution in [-0.2, 0) is 0 Å². The van der Waals surface area contributed by atoms with Gasteiger partial charge in [-0.2, -0.15) is 0 Å². The van der Waals surface area contributed by atoms with Crippen LogP contribution < -0.4 is 0 Å². The second kappa shape index (κ2) is 3.52. The number of benzene rings is 2. The third-order valence-electron chi connectivity index (χ3n) is 2.65. The van der Waals surface area contributed by atoms with Gasteiger partial charge in [-0.25, -0.2) is 4.98 Å². The molecule has 2 aromatic carbocycles. The zero-order valence-corrected chi connectivity index (χ0v) is 8.88. The fourth-order valence-corrected chi connectivity index (χ4v) is 1.82. The molecule has 3 aromatic rings. The van der Waals surface area contributed by atoms with Crippen molar-refractivity contribution in [3.8, 4) is 22.9 Å². The van der Waals surface area contributed by atoms with E-state index in [0.29, 0.717) is 16.9 Å². The number of nitrogens with one attached hydrogen (secondary N) is 1. The first-order chi connectivity index (χ1) is 8.25. The van der Waals surface area contributed by atoms with Crippen molar-refractivity contribution in [1.82, 2.24) is 9.97 Å². The van der Waals surface area contributed by atoms with Crippen molar-refractivity contribution >= 4 is 11.0 Å². The van der Waals surface area contributed by atoms with E-state index in [2.05, 4.69) is 9.97 Å². The Bertz CT molecular complexity index is 689. The molecule has 4 nitrogen and oxygen atoms in total. The van der Waals surface area contributed by atoms with Crippen LogP contribution in [0, 0.1) is 0 Å². The van der Waals surface area contributed by atoms with Crippen LogP contribution in [0.1, 0.15) is 0 Å². The van der Waals surface area contributed by atoms with Gasteiger partial charge in [0.05, 0.1) is 11.1 Å². The van der Waals surface area contributed by atoms with Gasteiger partial charge < -0.3 is 15.2 Å². The van der Waals surface area contributed by atoms with E-state index in [-0.39, 0.29) is 11.5 Å². The summed E-state index contributed by atoms with van der Waals surface area (Å²) in [4.78, 5) is 7.34. The van der Waals surface area contributed by atoms with Gasteiger partial charge in [-0.05, 0) is 24.3 Å². The summed E-state index contributed by atoms with van der Waals surface area (Å²) in [6.45, 7) is 0. The predicted octanol–water partition coefficient (Wildman–Crippen LogP) is 2.64. The maximum atomic E-state index is 9.74. The zero-order chi connectivity index (χ0) is 11.8. The fourth-order valence-electron chi connectivity index (χ4n) is 1.82. The first-order valence-electron chi connectivity index (χ1n) is 5.22. The average Bonchev–Trinajstić information content (AvgIpc) is 2.75. The molecule has 0 saturated heterocycles. The number of phenols is 2. The lowest BCUT2D eigenvalue weighted by atomic mass is 10.2. The first-order valence-corrected chi connectivity index (χ1v) is 5.22. The molecule has 0 aliphatic carbocycles. The Morgan fingerprint density at radius 2 is 1.65 bits per heavy atom. The highest BCUT2D eigenvalue weighted by Crippen LogP contribution is 2.30. The number of nitrogens with zero attached hydrogens (tertiary/aromatic N) is 1. The van der Waals surface area contributed by atoms with Crippen molar-refractivity contribution in [2.24, 2.45) is 0 Å². The normalized spacial score (nSPS) is 10.8. The van der Waals surface area contributed by atoms with Crippen LogP contribution in [0.5, 0.6) is 11.5 Å². The number of aromatic hydroxyl groups is 2. The molecule has 0 aliphatic heterocycles. The van der Waals surface area contributed by atoms with Gasteiger partial charge in [-0.15, -0.1) is 0 Å². The molecule has 0 bridgehead atoms. The minimum atomic E-state index is 0.125. The topological polar surface area (TPSA) is 69.1 Å². The Balaban J connectivity index is 2.26. The molecule has 0 fully saturated rings. The molecule has 1 heterocycles. The molecular weight excluding hydrogens is 216 g/mol. The van der Waals surface area contributed by atoms with Crippen molar-refractivity contribution < 1.29 is 10.2 Å². The van der Waals surface area contributed by atoms with Crippen molar-refractivity contribution in [2.75, 3.05) is 0 Å². The third-order valence-corrected chi connectivity index (χ3v) is 2.65. The second-order valence-electron chi connectivity index (χ2n) is 3.78. The summed E-state index contributed by atoms with van der Waals surface area (Å²) < 4.78 is 0. The molecule has 84 valence electrons. The summed E-state index contributed by atoms with van der Waals surface area (Å²) >= 11 is 0. The monoisotopic (exact) mass is 226 g/mol. The average molecular weight is 226 g/mol. The van der Waals surface area contributed by atoms with E-state index >= 15 is 0 Å². The van der Waals surface area contributed by atoms with Crippen LogP contribution in [0.25, 0.3) is 22.4 Å². The maximum Gasteiger partial charge on any atom is 0.143 e. The lowest BCUT2D eigenvalue weighted by Crippen LogP contribution is -1.80. The highest BCUT2D eigenvalue weighted by Gasteiger charge is 2.10. The number of para-hydroxylation sites is 2. The smallest absolute Gasteiger partial charge is 0.143 e. The summed E-state index contributed by atoms with van der Waals surface area (Å²) in [5.74, 6) is 0.825. The summed E-state index contributed by atoms with van der Waals surface area (Å²) in [6.07, 6.45) is 0. The molecule has 0 spiro atoms. The number of aromatic nitrogens is 2. The van der Waals surface area contributed by atoms with Crippen LogP contribution in [0.15, 0.2) is 42.5 Å². The minimum absolute atomic E-state index is 0.125. The van der Waals surface area contributed by atoms with Crippen molar-refractivity contribution in [2.45, 2.75) is 0 Å². The Kier molecular flexibility index (Phi) is 2.01. The standard InChI is InChI=1S/C13H10N2O2/c16-10-6-2-1-4-8(10)13-14-9-5-3-7-11(17)12(9)15-13/h1-7,16-17H,(H,14,15). The first kappa shape index (κ1) is 9.72. The molecule has 3 N–H and O–H groups in total. The van der Waals surface area contributed by atoms with E-state index in [1.54, 1.807) is 30.3 Å². The lowest BCUT2D eigenvalue weighted by molar-refractivity contribution is 0.476. The van der Waals surface area contributed by atoms with Gasteiger partial charge in [0.25, 0.3) is 0 Å². The maximum absolute atomic E-state index is 9.74. The van der Waals surface area contributed by atoms with E-state index in [1.165, 1.54) is 0 Å². The third kappa shape index (κ3) is 1.50. The summed E-state index contributed by atoms with van der Waals surface area (Å²) in [7, 11) is 0.